The van der Waals surface area contributed by atoms with E-state index in [1.165, 1.54) is 4.52 Å². The Morgan fingerprint density at radius 1 is 1.17 bits per heavy atom. The minimum Gasteiger partial charge on any atom is -0.457 e. The smallest absolute Gasteiger partial charge is 0.270 e. The lowest BCUT2D eigenvalue weighted by Crippen LogP contribution is -2.18. The van der Waals surface area contributed by atoms with Crippen LogP contribution < -0.4 is 15.8 Å². The fraction of sp³-hybridized carbons (Fsp3) is 0.0455. The van der Waals surface area contributed by atoms with Crippen molar-refractivity contribution in [2.45, 2.75) is 6.92 Å². The van der Waals surface area contributed by atoms with Crippen LogP contribution in [0.15, 0.2) is 60.8 Å². The molecule has 2 heterocycles. The number of primary amides is 1. The van der Waals surface area contributed by atoms with Crippen molar-refractivity contribution in [1.82, 2.24) is 9.61 Å². The number of carbonyl (C=O) groups excluding carboxylic acids is 1. The summed E-state index contributed by atoms with van der Waals surface area (Å²) in [5, 5.41) is 17.0. The number of anilines is 2. The second-order valence-corrected chi connectivity index (χ2v) is 6.33. The predicted molar refractivity (Wildman–Crippen MR) is 108 cm³/mol. The Morgan fingerprint density at radius 3 is 2.52 bits per heavy atom. The highest BCUT2D eigenvalue weighted by Crippen LogP contribution is 2.31. The van der Waals surface area contributed by atoms with Gasteiger partial charge >= 0.3 is 0 Å². The number of nitrogens with one attached hydrogen (secondary N) is 1. The molecular weight excluding hydrogens is 366 g/mol. The summed E-state index contributed by atoms with van der Waals surface area (Å²) < 4.78 is 7.29. The Labute approximate surface area is 167 Å². The average molecular weight is 382 g/mol. The van der Waals surface area contributed by atoms with E-state index in [4.69, 9.17) is 10.5 Å². The number of nitrogens with zero attached hydrogens (tertiary/aromatic N) is 3. The van der Waals surface area contributed by atoms with Crippen LogP contribution >= 0.6 is 0 Å². The van der Waals surface area contributed by atoms with E-state index in [1.54, 1.807) is 6.20 Å². The van der Waals surface area contributed by atoms with E-state index in [-0.39, 0.29) is 11.3 Å². The van der Waals surface area contributed by atoms with Crippen molar-refractivity contribution in [3.8, 4) is 17.6 Å². The molecule has 1 amide bonds. The van der Waals surface area contributed by atoms with Gasteiger partial charge in [-0.15, -0.1) is 0 Å². The van der Waals surface area contributed by atoms with Crippen LogP contribution in [0.5, 0.6) is 11.5 Å². The maximum absolute atomic E-state index is 11.8. The zero-order valence-electron chi connectivity index (χ0n) is 15.5. The molecule has 3 N–H and O–H groups in total. The molecule has 0 saturated carbocycles. The number of rotatable bonds is 5. The van der Waals surface area contributed by atoms with E-state index >= 15 is 0 Å². The summed E-state index contributed by atoms with van der Waals surface area (Å²) in [6.45, 7) is 1.85. The molecule has 0 unspecified atom stereocenters. The number of amides is 1. The number of ether oxygens (including phenoxy) is 1. The topological polar surface area (TPSA) is 105 Å². The van der Waals surface area contributed by atoms with Crippen LogP contribution in [0.4, 0.5) is 11.4 Å². The molecule has 29 heavy (non-hydrogen) atoms. The van der Waals surface area contributed by atoms with Gasteiger partial charge in [0.15, 0.2) is 5.69 Å². The number of nitrogens with two attached hydrogens (primary N) is 1. The van der Waals surface area contributed by atoms with E-state index in [9.17, 15) is 10.1 Å². The molecular formula is C22H16N5O2. The molecule has 2 aromatic carbocycles. The maximum Gasteiger partial charge on any atom is 0.270 e. The number of aromatic nitrogens is 2. The second-order valence-electron chi connectivity index (χ2n) is 6.33. The Bertz CT molecular complexity index is 1240. The molecule has 0 bridgehead atoms. The van der Waals surface area contributed by atoms with Crippen molar-refractivity contribution in [1.29, 1.82) is 5.26 Å². The zero-order valence-corrected chi connectivity index (χ0v) is 15.5. The Balaban J connectivity index is 1.71. The minimum absolute atomic E-state index is 0.0878. The summed E-state index contributed by atoms with van der Waals surface area (Å²) in [5.41, 5.74) is 8.01. The highest BCUT2D eigenvalue weighted by Gasteiger charge is 2.20. The third kappa shape index (κ3) is 3.47. The molecule has 4 aromatic rings. The lowest BCUT2D eigenvalue weighted by molar-refractivity contribution is 0.0994. The number of aryl methyl sites for hydroxylation is 1. The Morgan fingerprint density at radius 2 is 1.86 bits per heavy atom. The van der Waals surface area contributed by atoms with E-state index < -0.39 is 5.91 Å². The lowest BCUT2D eigenvalue weighted by atomic mass is 10.1. The monoisotopic (exact) mass is 382 g/mol. The number of carbonyl (C=O) groups is 1. The van der Waals surface area contributed by atoms with Crippen LogP contribution in [0, 0.1) is 24.3 Å². The molecule has 0 fully saturated rings. The first kappa shape index (κ1) is 18.1. The molecule has 0 aliphatic carbocycles. The van der Waals surface area contributed by atoms with Gasteiger partial charge < -0.3 is 15.8 Å². The summed E-state index contributed by atoms with van der Waals surface area (Å²) in [6.07, 6.45) is 1.60. The van der Waals surface area contributed by atoms with Crippen LogP contribution in [0.3, 0.4) is 0 Å². The van der Waals surface area contributed by atoms with Crippen LogP contribution in [0.1, 0.15) is 21.6 Å². The van der Waals surface area contributed by atoms with Gasteiger partial charge in [-0.2, -0.15) is 10.4 Å². The first-order valence-electron chi connectivity index (χ1n) is 8.80. The standard InChI is InChI=1S/C22H16N5O2/c1-14-11-12-27-21(14)19(18(13-23)20(26-27)22(24)28)25-15-7-9-17(10-8-15)29-16-5-3-2-4-6-16/h2-10,12,25H,1H3,(H2,24,28). The van der Waals surface area contributed by atoms with Gasteiger partial charge in [0.25, 0.3) is 5.91 Å². The van der Waals surface area contributed by atoms with E-state index in [1.807, 2.05) is 67.6 Å². The van der Waals surface area contributed by atoms with Crippen LogP contribution in [0.25, 0.3) is 5.52 Å². The molecule has 2 aromatic heterocycles. The summed E-state index contributed by atoms with van der Waals surface area (Å²) in [4.78, 5) is 11.8. The van der Waals surface area contributed by atoms with E-state index in [2.05, 4.69) is 16.5 Å². The molecule has 0 atom stereocenters. The van der Waals surface area contributed by atoms with E-state index in [0.717, 1.165) is 11.3 Å². The van der Waals surface area contributed by atoms with Gasteiger partial charge in [-0.1, -0.05) is 18.2 Å². The highest BCUT2D eigenvalue weighted by molar-refractivity contribution is 5.98. The molecule has 0 aliphatic rings. The fourth-order valence-corrected chi connectivity index (χ4v) is 3.02. The van der Waals surface area contributed by atoms with Crippen LogP contribution in [-0.4, -0.2) is 15.5 Å². The lowest BCUT2D eigenvalue weighted by Gasteiger charge is -2.14. The molecule has 0 saturated heterocycles. The average Bonchev–Trinajstić information content (AvgIpc) is 3.10. The van der Waals surface area contributed by atoms with Gasteiger partial charge in [0.2, 0.25) is 0 Å². The van der Waals surface area contributed by atoms with Crippen LogP contribution in [0.2, 0.25) is 0 Å². The molecule has 0 aliphatic heterocycles. The highest BCUT2D eigenvalue weighted by atomic mass is 16.5. The Kier molecular flexibility index (Phi) is 4.59. The quantitative estimate of drug-likeness (QED) is 0.544. The van der Waals surface area contributed by atoms with Crippen LogP contribution in [-0.2, 0) is 0 Å². The molecule has 0 spiro atoms. The number of nitriles is 1. The largest absolute Gasteiger partial charge is 0.457 e. The van der Waals surface area contributed by atoms with Crippen molar-refractivity contribution in [2.24, 2.45) is 5.73 Å². The van der Waals surface area contributed by atoms with Crippen molar-refractivity contribution in [2.75, 3.05) is 5.32 Å². The number of hydrogen-bond acceptors (Lipinski definition) is 5. The van der Waals surface area contributed by atoms with Crippen molar-refractivity contribution >= 4 is 22.8 Å². The normalized spacial score (nSPS) is 10.5. The third-order valence-electron chi connectivity index (χ3n) is 4.37. The Hall–Kier alpha value is -4.31. The van der Waals surface area contributed by atoms with Crippen molar-refractivity contribution in [3.05, 3.63) is 83.7 Å². The summed E-state index contributed by atoms with van der Waals surface area (Å²) in [6, 6.07) is 21.8. The second kappa shape index (κ2) is 7.37. The number of fused-ring (bicyclic) bond motifs is 1. The van der Waals surface area contributed by atoms with E-state index in [0.29, 0.717) is 22.6 Å². The number of benzene rings is 2. The molecule has 7 nitrogen and oxygen atoms in total. The third-order valence-corrected chi connectivity index (χ3v) is 4.37. The first-order valence-corrected chi connectivity index (χ1v) is 8.80. The molecule has 1 radical (unpaired) electrons. The van der Waals surface area contributed by atoms with Crippen molar-refractivity contribution < 1.29 is 9.53 Å². The molecule has 4 rings (SSSR count). The van der Waals surface area contributed by atoms with Gasteiger partial charge in [-0.05, 0) is 48.9 Å². The molecule has 141 valence electrons. The van der Waals surface area contributed by atoms with Gasteiger partial charge in [0.05, 0.1) is 11.2 Å². The van der Waals surface area contributed by atoms with Gasteiger partial charge in [0.1, 0.15) is 23.1 Å². The van der Waals surface area contributed by atoms with Gasteiger partial charge in [0, 0.05) is 18.0 Å². The molecule has 7 heteroatoms. The SMILES string of the molecule is Cc1[c]cn2nc(C(N)=O)c(C#N)c(Nc3ccc(Oc4ccccc4)cc3)c12. The van der Waals surface area contributed by atoms with Crippen molar-refractivity contribution in [3.63, 3.8) is 0 Å². The first-order chi connectivity index (χ1) is 14.1. The predicted octanol–water partition coefficient (Wildman–Crippen LogP) is 3.95. The van der Waals surface area contributed by atoms with Gasteiger partial charge in [-0.25, -0.2) is 4.52 Å². The van der Waals surface area contributed by atoms with Gasteiger partial charge in [-0.3, -0.25) is 4.79 Å². The minimum atomic E-state index is -0.774. The summed E-state index contributed by atoms with van der Waals surface area (Å²) in [5.74, 6) is 0.637. The maximum atomic E-state index is 11.8. The zero-order chi connectivity index (χ0) is 20.4. The summed E-state index contributed by atoms with van der Waals surface area (Å²) in [7, 11) is 0. The fourth-order valence-electron chi connectivity index (χ4n) is 3.02. The number of hydrogen-bond donors (Lipinski definition) is 2. The summed E-state index contributed by atoms with van der Waals surface area (Å²) >= 11 is 0. The number of para-hydroxylation sites is 1.